The molecule has 0 aromatic heterocycles. The van der Waals surface area contributed by atoms with Crippen molar-refractivity contribution in [3.8, 4) is 0 Å². The Kier molecular flexibility index (Phi) is 6.90. The molecule has 1 saturated heterocycles. The van der Waals surface area contributed by atoms with Crippen LogP contribution in [0.4, 0.5) is 10.5 Å². The van der Waals surface area contributed by atoms with E-state index in [-0.39, 0.29) is 6.03 Å². The number of urea groups is 1. The van der Waals surface area contributed by atoms with Crippen LogP contribution in [0.25, 0.3) is 0 Å². The molecular formula is C19H31N3O. The van der Waals surface area contributed by atoms with E-state index in [2.05, 4.69) is 28.5 Å². The Balaban J connectivity index is 1.61. The summed E-state index contributed by atoms with van der Waals surface area (Å²) >= 11 is 0. The van der Waals surface area contributed by atoms with Crippen LogP contribution in [0.5, 0.6) is 0 Å². The van der Waals surface area contributed by atoms with E-state index in [4.69, 9.17) is 0 Å². The van der Waals surface area contributed by atoms with E-state index in [1.54, 1.807) is 0 Å². The molecule has 4 heteroatoms. The topological polar surface area (TPSA) is 44.4 Å². The lowest BCUT2D eigenvalue weighted by molar-refractivity contribution is 0.158. The van der Waals surface area contributed by atoms with Gasteiger partial charge in [0.1, 0.15) is 0 Å². The first-order chi connectivity index (χ1) is 11.0. The van der Waals surface area contributed by atoms with Gasteiger partial charge < -0.3 is 15.5 Å². The number of anilines is 1. The number of nitrogens with zero attached hydrogens (tertiary/aromatic N) is 1. The summed E-state index contributed by atoms with van der Waals surface area (Å²) in [5.74, 6) is 0. The molecule has 0 spiro atoms. The molecule has 1 aromatic carbocycles. The maximum atomic E-state index is 11.9. The smallest absolute Gasteiger partial charge is 0.319 e. The monoisotopic (exact) mass is 317 g/mol. The van der Waals surface area contributed by atoms with Crippen molar-refractivity contribution >= 4 is 11.7 Å². The molecule has 1 heterocycles. The highest BCUT2D eigenvalue weighted by Gasteiger charge is 2.16. The number of unbranched alkanes of at least 4 members (excludes halogenated alkanes) is 1. The molecule has 2 rings (SSSR count). The van der Waals surface area contributed by atoms with E-state index in [1.807, 2.05) is 26.0 Å². The van der Waals surface area contributed by atoms with Gasteiger partial charge in [-0.1, -0.05) is 12.5 Å². The highest BCUT2D eigenvalue weighted by atomic mass is 16.2. The van der Waals surface area contributed by atoms with E-state index in [1.165, 1.54) is 25.8 Å². The van der Waals surface area contributed by atoms with Crippen LogP contribution in [0.3, 0.4) is 0 Å². The van der Waals surface area contributed by atoms with Crippen LogP contribution >= 0.6 is 0 Å². The number of amides is 2. The molecule has 4 nitrogen and oxygen atoms in total. The number of nitrogens with one attached hydrogen (secondary N) is 2. The zero-order valence-corrected chi connectivity index (χ0v) is 14.8. The number of carbonyl (C=O) groups is 1. The third-order valence-corrected chi connectivity index (χ3v) is 4.58. The van der Waals surface area contributed by atoms with Crippen molar-refractivity contribution in [2.75, 3.05) is 25.0 Å². The van der Waals surface area contributed by atoms with Crippen molar-refractivity contribution in [2.45, 2.75) is 58.9 Å². The van der Waals surface area contributed by atoms with E-state index in [9.17, 15) is 4.79 Å². The summed E-state index contributed by atoms with van der Waals surface area (Å²) in [5, 5.41) is 5.86. The average Bonchev–Trinajstić information content (AvgIpc) is 2.47. The summed E-state index contributed by atoms with van der Waals surface area (Å²) in [7, 11) is 0. The van der Waals surface area contributed by atoms with E-state index in [0.29, 0.717) is 0 Å². The van der Waals surface area contributed by atoms with Gasteiger partial charge in [0.05, 0.1) is 0 Å². The quantitative estimate of drug-likeness (QED) is 0.777. The molecule has 1 fully saturated rings. The van der Waals surface area contributed by atoms with Gasteiger partial charge in [0.25, 0.3) is 0 Å². The van der Waals surface area contributed by atoms with Crippen LogP contribution in [-0.2, 0) is 0 Å². The minimum absolute atomic E-state index is 0.110. The highest BCUT2D eigenvalue weighted by Crippen LogP contribution is 2.16. The Hall–Kier alpha value is -1.55. The average molecular weight is 317 g/mol. The van der Waals surface area contributed by atoms with E-state index >= 15 is 0 Å². The third kappa shape index (κ3) is 6.22. The predicted molar refractivity (Wildman–Crippen MR) is 97.1 cm³/mol. The number of rotatable bonds is 6. The number of benzene rings is 1. The summed E-state index contributed by atoms with van der Waals surface area (Å²) in [6.07, 6.45) is 6.22. The van der Waals surface area contributed by atoms with Crippen LogP contribution in [0.2, 0.25) is 0 Å². The Labute approximate surface area is 140 Å². The molecule has 128 valence electrons. The molecule has 23 heavy (non-hydrogen) atoms. The van der Waals surface area contributed by atoms with Crippen molar-refractivity contribution in [3.05, 3.63) is 29.3 Å². The molecule has 1 atom stereocenters. The first kappa shape index (κ1) is 17.8. The van der Waals surface area contributed by atoms with Crippen molar-refractivity contribution in [1.82, 2.24) is 10.2 Å². The zero-order valence-electron chi connectivity index (χ0n) is 14.8. The number of likely N-dealkylation sites (tertiary alicyclic amines) is 1. The number of aryl methyl sites for hydroxylation is 2. The maximum Gasteiger partial charge on any atom is 0.319 e. The highest BCUT2D eigenvalue weighted by molar-refractivity contribution is 5.89. The lowest BCUT2D eigenvalue weighted by atomic mass is 10.0. The molecular weight excluding hydrogens is 286 g/mol. The molecule has 1 aliphatic heterocycles. The molecule has 0 aliphatic carbocycles. The second kappa shape index (κ2) is 8.92. The van der Waals surface area contributed by atoms with Crippen molar-refractivity contribution < 1.29 is 4.79 Å². The summed E-state index contributed by atoms with van der Waals surface area (Å²) in [6.45, 7) is 9.53. The van der Waals surface area contributed by atoms with Gasteiger partial charge in [-0.05, 0) is 82.8 Å². The number of hydrogen-bond acceptors (Lipinski definition) is 2. The lowest BCUT2D eigenvalue weighted by Crippen LogP contribution is -2.38. The summed E-state index contributed by atoms with van der Waals surface area (Å²) in [4.78, 5) is 14.5. The molecule has 0 radical (unpaired) electrons. The first-order valence-electron chi connectivity index (χ1n) is 8.92. The van der Waals surface area contributed by atoms with Crippen LogP contribution in [0.1, 0.15) is 50.2 Å². The molecule has 1 aromatic rings. The van der Waals surface area contributed by atoms with Crippen LogP contribution < -0.4 is 10.6 Å². The predicted octanol–water partition coefficient (Wildman–Crippen LogP) is 4.08. The van der Waals surface area contributed by atoms with Gasteiger partial charge in [-0.2, -0.15) is 0 Å². The van der Waals surface area contributed by atoms with Gasteiger partial charge in [0.2, 0.25) is 0 Å². The van der Waals surface area contributed by atoms with Crippen molar-refractivity contribution in [1.29, 1.82) is 0 Å². The number of piperidine rings is 1. The molecule has 0 bridgehead atoms. The largest absolute Gasteiger partial charge is 0.338 e. The van der Waals surface area contributed by atoms with Gasteiger partial charge in [-0.3, -0.25) is 0 Å². The molecule has 0 saturated carbocycles. The minimum atomic E-state index is -0.110. The minimum Gasteiger partial charge on any atom is -0.338 e. The number of hydrogen-bond donors (Lipinski definition) is 2. The molecule has 1 aliphatic rings. The summed E-state index contributed by atoms with van der Waals surface area (Å²) < 4.78 is 0. The van der Waals surface area contributed by atoms with Crippen molar-refractivity contribution in [2.24, 2.45) is 0 Å². The van der Waals surface area contributed by atoms with Crippen LogP contribution in [0.15, 0.2) is 18.2 Å². The Bertz CT molecular complexity index is 495. The lowest BCUT2D eigenvalue weighted by Gasteiger charge is -2.33. The third-order valence-electron chi connectivity index (χ3n) is 4.58. The van der Waals surface area contributed by atoms with Gasteiger partial charge in [0.15, 0.2) is 0 Å². The normalized spacial score (nSPS) is 18.7. The second-order valence-electron chi connectivity index (χ2n) is 6.85. The van der Waals surface area contributed by atoms with E-state index in [0.717, 1.165) is 48.8 Å². The standard InChI is InChI=1S/C19H31N3O/c1-15-12-16(2)14-18(13-15)21-19(23)20-9-5-7-11-22-10-6-4-8-17(22)3/h12-14,17H,4-11H2,1-3H3,(H2,20,21,23)/t17-/m0/s1. The fraction of sp³-hybridized carbons (Fsp3) is 0.632. The summed E-state index contributed by atoms with van der Waals surface area (Å²) in [5.41, 5.74) is 3.19. The first-order valence-corrected chi connectivity index (χ1v) is 8.92. The van der Waals surface area contributed by atoms with Crippen molar-refractivity contribution in [3.63, 3.8) is 0 Å². The maximum absolute atomic E-state index is 11.9. The molecule has 2 amide bonds. The van der Waals surface area contributed by atoms with Crippen LogP contribution in [-0.4, -0.2) is 36.6 Å². The fourth-order valence-corrected chi connectivity index (χ4v) is 3.35. The van der Waals surface area contributed by atoms with Gasteiger partial charge in [-0.25, -0.2) is 4.79 Å². The fourth-order valence-electron chi connectivity index (χ4n) is 3.35. The Morgan fingerprint density at radius 3 is 2.61 bits per heavy atom. The van der Waals surface area contributed by atoms with E-state index < -0.39 is 0 Å². The molecule has 2 N–H and O–H groups in total. The second-order valence-corrected chi connectivity index (χ2v) is 6.85. The zero-order chi connectivity index (χ0) is 16.7. The SMILES string of the molecule is Cc1cc(C)cc(NC(=O)NCCCCN2CCCC[C@@H]2C)c1. The summed E-state index contributed by atoms with van der Waals surface area (Å²) in [6, 6.07) is 6.70. The molecule has 0 unspecified atom stereocenters. The van der Waals surface area contributed by atoms with Gasteiger partial charge >= 0.3 is 6.03 Å². The van der Waals surface area contributed by atoms with Gasteiger partial charge in [-0.15, -0.1) is 0 Å². The Morgan fingerprint density at radius 1 is 1.17 bits per heavy atom. The Morgan fingerprint density at radius 2 is 1.91 bits per heavy atom. The number of carbonyl (C=O) groups excluding carboxylic acids is 1. The van der Waals surface area contributed by atoms with Gasteiger partial charge in [0, 0.05) is 18.3 Å². The van der Waals surface area contributed by atoms with Crippen LogP contribution in [0, 0.1) is 13.8 Å².